The quantitative estimate of drug-likeness (QED) is 0.916. The molecule has 1 aliphatic rings. The Morgan fingerprint density at radius 2 is 2.29 bits per heavy atom. The van der Waals surface area contributed by atoms with Crippen LogP contribution >= 0.6 is 11.3 Å². The molecular weight excluding hydrogens is 330 g/mol. The molecule has 0 saturated carbocycles. The van der Waals surface area contributed by atoms with E-state index in [0.717, 1.165) is 11.3 Å². The van der Waals surface area contributed by atoms with E-state index in [0.29, 0.717) is 16.6 Å². The van der Waals surface area contributed by atoms with Gasteiger partial charge in [0.25, 0.3) is 11.8 Å². The van der Waals surface area contributed by atoms with E-state index in [1.165, 1.54) is 18.4 Å². The molecular formula is C16H17N3O4S. The van der Waals surface area contributed by atoms with Crippen LogP contribution in [0.25, 0.3) is 11.3 Å². The molecule has 1 aromatic carbocycles. The molecule has 3 rings (SSSR count). The zero-order valence-electron chi connectivity index (χ0n) is 13.5. The topological polar surface area (TPSA) is 80.8 Å². The molecule has 1 aromatic heterocycles. The highest BCUT2D eigenvalue weighted by atomic mass is 32.1. The third kappa shape index (κ3) is 3.10. The maximum atomic E-state index is 12.1. The number of thiazole rings is 1. The number of hydrogen-bond donors (Lipinski definition) is 1. The lowest BCUT2D eigenvalue weighted by Gasteiger charge is -2.30. The second-order valence-electron chi connectivity index (χ2n) is 5.36. The Bertz CT molecular complexity index is 789. The Kier molecular flexibility index (Phi) is 4.50. The Balaban J connectivity index is 1.85. The summed E-state index contributed by atoms with van der Waals surface area (Å²) in [5.41, 5.74) is 2.26. The summed E-state index contributed by atoms with van der Waals surface area (Å²) in [5.74, 6) is 0.319. The van der Waals surface area contributed by atoms with Crippen LogP contribution < -0.4 is 15.0 Å². The molecule has 0 fully saturated rings. The molecule has 8 heteroatoms. The molecule has 2 amide bonds. The predicted octanol–water partition coefficient (Wildman–Crippen LogP) is 2.14. The minimum Gasteiger partial charge on any atom is -0.479 e. The highest BCUT2D eigenvalue weighted by molar-refractivity contribution is 7.14. The van der Waals surface area contributed by atoms with E-state index in [-0.39, 0.29) is 18.4 Å². The number of aromatic nitrogens is 1. The molecule has 0 spiro atoms. The molecule has 2 aromatic rings. The molecule has 0 bridgehead atoms. The van der Waals surface area contributed by atoms with Crippen LogP contribution in [0.5, 0.6) is 5.75 Å². The Morgan fingerprint density at radius 3 is 3.04 bits per heavy atom. The largest absolute Gasteiger partial charge is 0.479 e. The van der Waals surface area contributed by atoms with Crippen molar-refractivity contribution in [3.05, 3.63) is 23.6 Å². The van der Waals surface area contributed by atoms with E-state index < -0.39 is 6.10 Å². The fourth-order valence-electron chi connectivity index (χ4n) is 2.42. The molecule has 1 N–H and O–H groups in total. The minimum absolute atomic E-state index is 0.0177. The summed E-state index contributed by atoms with van der Waals surface area (Å²) in [6, 6.07) is 5.56. The number of anilines is 2. The van der Waals surface area contributed by atoms with Crippen molar-refractivity contribution in [3.8, 4) is 17.0 Å². The number of carbonyl (C=O) groups excluding carboxylic acids is 2. The van der Waals surface area contributed by atoms with E-state index in [9.17, 15) is 9.59 Å². The van der Waals surface area contributed by atoms with Crippen molar-refractivity contribution >= 4 is 34.0 Å². The summed E-state index contributed by atoms with van der Waals surface area (Å²) in [6.07, 6.45) is -0.491. The molecule has 126 valence electrons. The minimum atomic E-state index is -0.491. The van der Waals surface area contributed by atoms with Gasteiger partial charge in [-0.25, -0.2) is 4.98 Å². The van der Waals surface area contributed by atoms with Crippen molar-refractivity contribution in [3.63, 3.8) is 0 Å². The number of methoxy groups -OCH3 is 1. The normalized spacial score (nSPS) is 16.5. The fraction of sp³-hybridized carbons (Fsp3) is 0.312. The standard InChI is InChI=1S/C16H17N3O4S/c1-9-15(21)19(2)12-6-10(4-5-13(12)23-9)11-8-24-16(17-11)18-14(20)7-22-3/h4-6,8-9H,7H2,1-3H3,(H,17,18,20)/t9-/m1/s1. The van der Waals surface area contributed by atoms with Crippen LogP contribution in [0.1, 0.15) is 6.92 Å². The smallest absolute Gasteiger partial charge is 0.267 e. The van der Waals surface area contributed by atoms with E-state index in [2.05, 4.69) is 10.3 Å². The fourth-order valence-corrected chi connectivity index (χ4v) is 3.16. The van der Waals surface area contributed by atoms with Crippen LogP contribution in [0.15, 0.2) is 23.6 Å². The van der Waals surface area contributed by atoms with Gasteiger partial charge in [0.1, 0.15) is 12.4 Å². The summed E-state index contributed by atoms with van der Waals surface area (Å²) in [7, 11) is 3.18. The first-order valence-electron chi connectivity index (χ1n) is 7.32. The molecule has 0 aliphatic carbocycles. The maximum absolute atomic E-state index is 12.1. The second kappa shape index (κ2) is 6.58. The Hall–Kier alpha value is -2.45. The number of nitrogens with one attached hydrogen (secondary N) is 1. The van der Waals surface area contributed by atoms with E-state index in [4.69, 9.17) is 9.47 Å². The number of carbonyl (C=O) groups is 2. The molecule has 1 aliphatic heterocycles. The van der Waals surface area contributed by atoms with Crippen molar-refractivity contribution in [2.45, 2.75) is 13.0 Å². The number of likely N-dealkylation sites (N-methyl/N-ethyl adjacent to an activating group) is 1. The number of amides is 2. The monoisotopic (exact) mass is 347 g/mol. The van der Waals surface area contributed by atoms with E-state index in [1.54, 1.807) is 18.9 Å². The average molecular weight is 347 g/mol. The van der Waals surface area contributed by atoms with Crippen molar-refractivity contribution in [1.82, 2.24) is 4.98 Å². The van der Waals surface area contributed by atoms with Crippen molar-refractivity contribution in [2.24, 2.45) is 0 Å². The number of benzene rings is 1. The Morgan fingerprint density at radius 1 is 1.50 bits per heavy atom. The highest BCUT2D eigenvalue weighted by Gasteiger charge is 2.29. The van der Waals surface area contributed by atoms with Crippen LogP contribution in [0, 0.1) is 0 Å². The second-order valence-corrected chi connectivity index (χ2v) is 6.22. The van der Waals surface area contributed by atoms with Gasteiger partial charge in [0.2, 0.25) is 0 Å². The summed E-state index contributed by atoms with van der Waals surface area (Å²) >= 11 is 1.33. The van der Waals surface area contributed by atoms with Gasteiger partial charge in [-0.05, 0) is 25.1 Å². The lowest BCUT2D eigenvalue weighted by Crippen LogP contribution is -2.41. The predicted molar refractivity (Wildman–Crippen MR) is 91.6 cm³/mol. The molecule has 7 nitrogen and oxygen atoms in total. The van der Waals surface area contributed by atoms with Gasteiger partial charge in [0.15, 0.2) is 11.2 Å². The van der Waals surface area contributed by atoms with Gasteiger partial charge < -0.3 is 14.4 Å². The van der Waals surface area contributed by atoms with E-state index >= 15 is 0 Å². The lowest BCUT2D eigenvalue weighted by atomic mass is 10.1. The van der Waals surface area contributed by atoms with E-state index in [1.807, 2.05) is 23.6 Å². The number of hydrogen-bond acceptors (Lipinski definition) is 6. The molecule has 0 unspecified atom stereocenters. The third-order valence-corrected chi connectivity index (χ3v) is 4.38. The maximum Gasteiger partial charge on any atom is 0.267 e. The van der Waals surface area contributed by atoms with Gasteiger partial charge in [-0.3, -0.25) is 14.9 Å². The van der Waals surface area contributed by atoms with Gasteiger partial charge in [-0.1, -0.05) is 0 Å². The van der Waals surface area contributed by atoms with Crippen molar-refractivity contribution < 1.29 is 19.1 Å². The van der Waals surface area contributed by atoms with Crippen molar-refractivity contribution in [1.29, 1.82) is 0 Å². The highest BCUT2D eigenvalue weighted by Crippen LogP contribution is 2.37. The average Bonchev–Trinajstić information content (AvgIpc) is 3.01. The molecule has 0 saturated heterocycles. The van der Waals surface area contributed by atoms with Gasteiger partial charge in [0, 0.05) is 25.1 Å². The van der Waals surface area contributed by atoms with Gasteiger partial charge in [-0.2, -0.15) is 0 Å². The zero-order chi connectivity index (χ0) is 17.3. The van der Waals surface area contributed by atoms with Gasteiger partial charge in [-0.15, -0.1) is 11.3 Å². The number of rotatable bonds is 4. The summed E-state index contributed by atoms with van der Waals surface area (Å²) in [4.78, 5) is 29.6. The number of ether oxygens (including phenoxy) is 2. The van der Waals surface area contributed by atoms with Crippen LogP contribution in [0.2, 0.25) is 0 Å². The van der Waals surface area contributed by atoms with Crippen LogP contribution in [0.3, 0.4) is 0 Å². The third-order valence-electron chi connectivity index (χ3n) is 3.62. The first-order chi connectivity index (χ1) is 11.5. The molecule has 2 heterocycles. The number of nitrogens with zero attached hydrogens (tertiary/aromatic N) is 2. The summed E-state index contributed by atoms with van der Waals surface area (Å²) in [6.45, 7) is 1.71. The zero-order valence-corrected chi connectivity index (χ0v) is 14.3. The Labute approximate surface area is 143 Å². The van der Waals surface area contributed by atoms with Crippen LogP contribution in [0.4, 0.5) is 10.8 Å². The summed E-state index contributed by atoms with van der Waals surface area (Å²) < 4.78 is 10.4. The summed E-state index contributed by atoms with van der Waals surface area (Å²) in [5, 5.41) is 5.02. The van der Waals surface area contributed by atoms with Gasteiger partial charge >= 0.3 is 0 Å². The molecule has 0 radical (unpaired) electrons. The molecule has 24 heavy (non-hydrogen) atoms. The number of fused-ring (bicyclic) bond motifs is 1. The lowest BCUT2D eigenvalue weighted by molar-refractivity contribution is -0.125. The first-order valence-corrected chi connectivity index (χ1v) is 8.20. The van der Waals surface area contributed by atoms with Crippen molar-refractivity contribution in [2.75, 3.05) is 31.0 Å². The SMILES string of the molecule is COCC(=O)Nc1nc(-c2ccc3c(c2)N(C)C(=O)[C@@H](C)O3)cs1. The first kappa shape index (κ1) is 16.4. The van der Waals surface area contributed by atoms with Crippen LogP contribution in [-0.2, 0) is 14.3 Å². The van der Waals surface area contributed by atoms with Crippen LogP contribution in [-0.4, -0.2) is 43.7 Å². The molecule has 1 atom stereocenters. The van der Waals surface area contributed by atoms with Gasteiger partial charge in [0.05, 0.1) is 11.4 Å².